The van der Waals surface area contributed by atoms with Crippen molar-refractivity contribution in [2.75, 3.05) is 18.0 Å². The molecule has 7 heteroatoms. The fourth-order valence-electron chi connectivity index (χ4n) is 2.77. The van der Waals surface area contributed by atoms with Crippen LogP contribution < -0.4 is 15.5 Å². The number of amides is 3. The van der Waals surface area contributed by atoms with E-state index in [1.54, 1.807) is 11.8 Å². The SMILES string of the molecule is CC(C)CNC(=O)[C@H](C)NC(=O)N1CCn2c1nc1ccccc12. The van der Waals surface area contributed by atoms with Crippen LogP contribution >= 0.6 is 0 Å². The molecule has 1 aromatic heterocycles. The molecule has 0 saturated carbocycles. The smallest absolute Gasteiger partial charge is 0.324 e. The van der Waals surface area contributed by atoms with Gasteiger partial charge in [-0.05, 0) is 25.0 Å². The second-order valence-corrected chi connectivity index (χ2v) is 6.51. The number of nitrogens with one attached hydrogen (secondary N) is 2. The van der Waals surface area contributed by atoms with E-state index in [0.29, 0.717) is 31.5 Å². The molecule has 0 fully saturated rings. The lowest BCUT2D eigenvalue weighted by Gasteiger charge is -2.19. The molecule has 3 rings (SSSR count). The maximum absolute atomic E-state index is 12.5. The maximum atomic E-state index is 12.5. The number of urea groups is 1. The van der Waals surface area contributed by atoms with Crippen LogP contribution in [0.2, 0.25) is 0 Å². The first kappa shape index (κ1) is 16.3. The van der Waals surface area contributed by atoms with Crippen LogP contribution in [0.5, 0.6) is 0 Å². The maximum Gasteiger partial charge on any atom is 0.324 e. The molecule has 7 nitrogen and oxygen atoms in total. The molecular weight excluding hydrogens is 306 g/mol. The summed E-state index contributed by atoms with van der Waals surface area (Å²) in [7, 11) is 0. The highest BCUT2D eigenvalue weighted by molar-refractivity contribution is 5.96. The van der Waals surface area contributed by atoms with Gasteiger partial charge in [-0.2, -0.15) is 0 Å². The quantitative estimate of drug-likeness (QED) is 0.896. The first-order chi connectivity index (χ1) is 11.5. The molecule has 2 aromatic rings. The number of benzene rings is 1. The standard InChI is InChI=1S/C17H23N5O2/c1-11(2)10-18-15(23)12(3)19-17(24)22-9-8-21-14-7-5-4-6-13(14)20-16(21)22/h4-7,11-12H,8-10H2,1-3H3,(H,18,23)(H,19,24)/t12-/m0/s1. The number of rotatable bonds is 4. The number of carbonyl (C=O) groups is 2. The van der Waals surface area contributed by atoms with E-state index in [0.717, 1.165) is 11.0 Å². The third-order valence-electron chi connectivity index (χ3n) is 4.09. The number of imidazole rings is 1. The summed E-state index contributed by atoms with van der Waals surface area (Å²) >= 11 is 0. The number of aromatic nitrogens is 2. The minimum atomic E-state index is -0.588. The molecule has 1 aliphatic rings. The molecule has 0 bridgehead atoms. The van der Waals surface area contributed by atoms with Crippen molar-refractivity contribution in [1.29, 1.82) is 0 Å². The topological polar surface area (TPSA) is 79.3 Å². The van der Waals surface area contributed by atoms with Crippen molar-refractivity contribution < 1.29 is 9.59 Å². The molecule has 0 spiro atoms. The van der Waals surface area contributed by atoms with Gasteiger partial charge in [0.15, 0.2) is 0 Å². The summed E-state index contributed by atoms with van der Waals surface area (Å²) in [4.78, 5) is 30.7. The fraction of sp³-hybridized carbons (Fsp3) is 0.471. The van der Waals surface area contributed by atoms with Crippen molar-refractivity contribution in [1.82, 2.24) is 20.2 Å². The number of carbonyl (C=O) groups excluding carboxylic acids is 2. The lowest BCUT2D eigenvalue weighted by Crippen LogP contribution is -2.50. The van der Waals surface area contributed by atoms with E-state index in [1.165, 1.54) is 0 Å². The van der Waals surface area contributed by atoms with Gasteiger partial charge in [0.2, 0.25) is 11.9 Å². The molecular formula is C17H23N5O2. The van der Waals surface area contributed by atoms with Gasteiger partial charge in [0, 0.05) is 19.6 Å². The minimum absolute atomic E-state index is 0.176. The van der Waals surface area contributed by atoms with Crippen LogP contribution in [0, 0.1) is 5.92 Å². The monoisotopic (exact) mass is 329 g/mol. The first-order valence-corrected chi connectivity index (χ1v) is 8.28. The predicted molar refractivity (Wildman–Crippen MR) is 92.9 cm³/mol. The molecule has 1 aromatic carbocycles. The largest absolute Gasteiger partial charge is 0.354 e. The average molecular weight is 329 g/mol. The highest BCUT2D eigenvalue weighted by atomic mass is 16.2. The zero-order chi connectivity index (χ0) is 17.3. The van der Waals surface area contributed by atoms with Crippen molar-refractivity contribution >= 4 is 28.9 Å². The van der Waals surface area contributed by atoms with E-state index in [1.807, 2.05) is 42.7 Å². The van der Waals surface area contributed by atoms with Gasteiger partial charge in [-0.1, -0.05) is 26.0 Å². The molecule has 2 heterocycles. The van der Waals surface area contributed by atoms with Crippen molar-refractivity contribution in [3.8, 4) is 0 Å². The predicted octanol–water partition coefficient (Wildman–Crippen LogP) is 1.73. The number of para-hydroxylation sites is 2. The van der Waals surface area contributed by atoms with Crippen molar-refractivity contribution in [2.45, 2.75) is 33.4 Å². The summed E-state index contributed by atoms with van der Waals surface area (Å²) < 4.78 is 2.03. The third-order valence-corrected chi connectivity index (χ3v) is 4.09. The second-order valence-electron chi connectivity index (χ2n) is 6.51. The van der Waals surface area contributed by atoms with Crippen LogP contribution in [0.3, 0.4) is 0 Å². The van der Waals surface area contributed by atoms with Gasteiger partial charge in [-0.15, -0.1) is 0 Å². The zero-order valence-electron chi connectivity index (χ0n) is 14.2. The summed E-state index contributed by atoms with van der Waals surface area (Å²) in [6.07, 6.45) is 0. The van der Waals surface area contributed by atoms with E-state index < -0.39 is 6.04 Å². The van der Waals surface area contributed by atoms with Gasteiger partial charge < -0.3 is 15.2 Å². The van der Waals surface area contributed by atoms with Gasteiger partial charge in [0.1, 0.15) is 6.04 Å². The first-order valence-electron chi connectivity index (χ1n) is 8.28. The van der Waals surface area contributed by atoms with Crippen LogP contribution in [0.4, 0.5) is 10.7 Å². The molecule has 24 heavy (non-hydrogen) atoms. The van der Waals surface area contributed by atoms with Crippen LogP contribution in [0.15, 0.2) is 24.3 Å². The average Bonchev–Trinajstić information content (AvgIpc) is 3.11. The number of hydrogen-bond acceptors (Lipinski definition) is 3. The summed E-state index contributed by atoms with van der Waals surface area (Å²) in [6, 6.07) is 6.93. The van der Waals surface area contributed by atoms with Crippen LogP contribution in [-0.4, -0.2) is 40.6 Å². The number of hydrogen-bond donors (Lipinski definition) is 2. The Labute approximate surface area is 141 Å². The highest BCUT2D eigenvalue weighted by Gasteiger charge is 2.29. The third kappa shape index (κ3) is 3.06. The van der Waals surface area contributed by atoms with Crippen LogP contribution in [0.1, 0.15) is 20.8 Å². The van der Waals surface area contributed by atoms with Crippen molar-refractivity contribution in [2.24, 2.45) is 5.92 Å². The van der Waals surface area contributed by atoms with E-state index in [9.17, 15) is 9.59 Å². The summed E-state index contributed by atoms with van der Waals surface area (Å²) in [5, 5.41) is 5.58. The lowest BCUT2D eigenvalue weighted by atomic mass is 10.2. The lowest BCUT2D eigenvalue weighted by molar-refractivity contribution is -0.122. The molecule has 0 radical (unpaired) electrons. The Morgan fingerprint density at radius 3 is 2.71 bits per heavy atom. The Kier molecular flexibility index (Phi) is 4.42. The van der Waals surface area contributed by atoms with Gasteiger partial charge in [0.25, 0.3) is 0 Å². The van der Waals surface area contributed by atoms with Crippen LogP contribution in [-0.2, 0) is 11.3 Å². The summed E-state index contributed by atoms with van der Waals surface area (Å²) in [6.45, 7) is 7.60. The van der Waals surface area contributed by atoms with Crippen molar-refractivity contribution in [3.63, 3.8) is 0 Å². The molecule has 3 amide bonds. The Bertz CT molecular complexity index is 767. The molecule has 0 unspecified atom stereocenters. The zero-order valence-corrected chi connectivity index (χ0v) is 14.2. The Balaban J connectivity index is 1.68. The van der Waals surface area contributed by atoms with Gasteiger partial charge >= 0.3 is 6.03 Å². The molecule has 1 atom stereocenters. The Morgan fingerprint density at radius 2 is 1.96 bits per heavy atom. The molecule has 2 N–H and O–H groups in total. The minimum Gasteiger partial charge on any atom is -0.354 e. The van der Waals surface area contributed by atoms with Gasteiger partial charge in [0.05, 0.1) is 11.0 Å². The molecule has 128 valence electrons. The molecule has 1 aliphatic heterocycles. The highest BCUT2D eigenvalue weighted by Crippen LogP contribution is 2.26. The van der Waals surface area contributed by atoms with E-state index >= 15 is 0 Å². The fourth-order valence-corrected chi connectivity index (χ4v) is 2.77. The molecule has 0 saturated heterocycles. The normalized spacial score (nSPS) is 14.8. The Morgan fingerprint density at radius 1 is 1.21 bits per heavy atom. The number of nitrogens with zero attached hydrogens (tertiary/aromatic N) is 3. The summed E-state index contributed by atoms with van der Waals surface area (Å²) in [5.74, 6) is 0.823. The van der Waals surface area contributed by atoms with E-state index in [-0.39, 0.29) is 11.9 Å². The van der Waals surface area contributed by atoms with Crippen LogP contribution in [0.25, 0.3) is 11.0 Å². The van der Waals surface area contributed by atoms with E-state index in [2.05, 4.69) is 15.6 Å². The summed E-state index contributed by atoms with van der Waals surface area (Å²) in [5.41, 5.74) is 1.89. The van der Waals surface area contributed by atoms with Gasteiger partial charge in [-0.3, -0.25) is 9.69 Å². The van der Waals surface area contributed by atoms with E-state index in [4.69, 9.17) is 0 Å². The van der Waals surface area contributed by atoms with Gasteiger partial charge in [-0.25, -0.2) is 9.78 Å². The Hall–Kier alpha value is -2.57. The van der Waals surface area contributed by atoms with Crippen molar-refractivity contribution in [3.05, 3.63) is 24.3 Å². The number of fused-ring (bicyclic) bond motifs is 3. The second kappa shape index (κ2) is 6.51. The molecule has 0 aliphatic carbocycles. The number of anilines is 1.